The Kier molecular flexibility index (Phi) is 12.9. The molecule has 4 unspecified atom stereocenters. The Bertz CT molecular complexity index is 1570. The smallest absolute Gasteiger partial charge is 0.254 e. The van der Waals surface area contributed by atoms with Gasteiger partial charge in [0.05, 0.1) is 24.9 Å². The van der Waals surface area contributed by atoms with Gasteiger partial charge in [-0.1, -0.05) is 48.3 Å². The molecular weight excluding hydrogens is 671 g/mol. The second kappa shape index (κ2) is 16.9. The molecule has 3 aromatic rings. The van der Waals surface area contributed by atoms with Gasteiger partial charge in [-0.2, -0.15) is 0 Å². The Labute approximate surface area is 297 Å². The number of rotatable bonds is 19. The Morgan fingerprint density at radius 3 is 2.39 bits per heavy atom. The highest BCUT2D eigenvalue weighted by molar-refractivity contribution is 6.34. The van der Waals surface area contributed by atoms with Crippen molar-refractivity contribution in [2.75, 3.05) is 19.7 Å². The number of ether oxygens (including phenoxy) is 2. The number of aliphatic hydroxyl groups is 5. The summed E-state index contributed by atoms with van der Waals surface area (Å²) in [5.74, 6) is 0.112. The molecule has 5 N–H and O–H groups in total. The summed E-state index contributed by atoms with van der Waals surface area (Å²) in [5, 5.41) is 50.1. The lowest BCUT2D eigenvalue weighted by Gasteiger charge is -2.30. The van der Waals surface area contributed by atoms with Gasteiger partial charge in [0, 0.05) is 46.7 Å². The minimum Gasteiger partial charge on any atom is -0.490 e. The molecule has 0 saturated heterocycles. The predicted octanol–water partition coefficient (Wildman–Crippen LogP) is 4.80. The molecule has 4 atom stereocenters. The first-order chi connectivity index (χ1) is 23.6. The number of pyridine rings is 1. The summed E-state index contributed by atoms with van der Waals surface area (Å²) in [6, 6.07) is 13.8. The molecule has 1 amide bonds. The molecule has 0 bridgehead atoms. The molecule has 2 aromatic carbocycles. The van der Waals surface area contributed by atoms with Crippen molar-refractivity contribution < 1.29 is 39.8 Å². The zero-order valence-electron chi connectivity index (χ0n) is 27.7. The maximum atomic E-state index is 12.9. The van der Waals surface area contributed by atoms with Gasteiger partial charge >= 0.3 is 0 Å². The number of amides is 1. The number of benzene rings is 2. The highest BCUT2D eigenvalue weighted by atomic mass is 35.5. The third kappa shape index (κ3) is 9.31. The van der Waals surface area contributed by atoms with Crippen molar-refractivity contribution in [1.82, 2.24) is 9.88 Å². The van der Waals surface area contributed by atoms with Crippen LogP contribution in [0.15, 0.2) is 54.9 Å². The first-order valence-corrected chi connectivity index (χ1v) is 17.8. The van der Waals surface area contributed by atoms with E-state index >= 15 is 0 Å². The van der Waals surface area contributed by atoms with Gasteiger partial charge in [-0.3, -0.25) is 9.78 Å². The molecule has 49 heavy (non-hydrogen) atoms. The number of para-hydroxylation sites is 1. The number of hydrogen-bond donors (Lipinski definition) is 5. The van der Waals surface area contributed by atoms with Crippen LogP contribution in [0.5, 0.6) is 5.75 Å². The average molecular weight is 718 g/mol. The van der Waals surface area contributed by atoms with Crippen LogP contribution in [0.3, 0.4) is 0 Å². The Balaban J connectivity index is 1.18. The summed E-state index contributed by atoms with van der Waals surface area (Å²) in [5.41, 5.74) is 4.27. The fourth-order valence-corrected chi connectivity index (χ4v) is 6.50. The van der Waals surface area contributed by atoms with Gasteiger partial charge in [0.2, 0.25) is 0 Å². The lowest BCUT2D eigenvalue weighted by atomic mass is 9.96. The second-order valence-corrected chi connectivity index (χ2v) is 13.8. The average Bonchev–Trinajstić information content (AvgIpc) is 4.06. The van der Waals surface area contributed by atoms with Crippen LogP contribution in [0.25, 0.3) is 11.1 Å². The SMILES string of the molecule is CCCN(CCCCc1cc(Cl)c(COC2(c3cnccc3-c3ccccc3OC3CC3)CC2)cc1Cl)C(=O)C(O)C(O)C(O)C(O)CO. The summed E-state index contributed by atoms with van der Waals surface area (Å²) in [6.07, 6.45) is 2.87. The predicted molar refractivity (Wildman–Crippen MR) is 186 cm³/mol. The summed E-state index contributed by atoms with van der Waals surface area (Å²) in [6.45, 7) is 1.98. The van der Waals surface area contributed by atoms with Crippen LogP contribution in [0.2, 0.25) is 10.0 Å². The lowest BCUT2D eigenvalue weighted by Crippen LogP contribution is -2.52. The van der Waals surface area contributed by atoms with E-state index in [0.717, 1.165) is 59.3 Å². The molecule has 0 radical (unpaired) electrons. The van der Waals surface area contributed by atoms with Crippen LogP contribution in [0, 0.1) is 0 Å². The fraction of sp³-hybridized carbons (Fsp3) is 0.514. The van der Waals surface area contributed by atoms with E-state index in [0.29, 0.717) is 48.8 Å². The molecule has 1 aromatic heterocycles. The number of carbonyl (C=O) groups is 1. The van der Waals surface area contributed by atoms with Crippen molar-refractivity contribution in [2.24, 2.45) is 0 Å². The monoisotopic (exact) mass is 716 g/mol. The summed E-state index contributed by atoms with van der Waals surface area (Å²) < 4.78 is 12.8. The van der Waals surface area contributed by atoms with Crippen LogP contribution >= 0.6 is 23.2 Å². The van der Waals surface area contributed by atoms with Crippen molar-refractivity contribution in [2.45, 2.75) is 101 Å². The number of nitrogens with zero attached hydrogens (tertiary/aromatic N) is 2. The zero-order chi connectivity index (χ0) is 35.1. The largest absolute Gasteiger partial charge is 0.490 e. The van der Waals surface area contributed by atoms with Crippen LogP contribution in [0.1, 0.15) is 68.6 Å². The van der Waals surface area contributed by atoms with Gasteiger partial charge in [-0.25, -0.2) is 0 Å². The molecule has 0 spiro atoms. The molecular formula is C37H46Cl2N2O8. The van der Waals surface area contributed by atoms with Crippen LogP contribution in [-0.2, 0) is 28.2 Å². The number of aromatic nitrogens is 1. The van der Waals surface area contributed by atoms with E-state index in [1.54, 1.807) is 6.20 Å². The minimum atomic E-state index is -1.94. The number of unbranched alkanes of at least 4 members (excludes halogenated alkanes) is 1. The van der Waals surface area contributed by atoms with Gasteiger partial charge in [0.1, 0.15) is 24.1 Å². The van der Waals surface area contributed by atoms with Crippen molar-refractivity contribution in [3.8, 4) is 16.9 Å². The Morgan fingerprint density at radius 2 is 1.69 bits per heavy atom. The molecule has 2 fully saturated rings. The molecule has 266 valence electrons. The number of hydrogen-bond acceptors (Lipinski definition) is 9. The van der Waals surface area contributed by atoms with E-state index in [9.17, 15) is 25.2 Å². The van der Waals surface area contributed by atoms with E-state index in [4.69, 9.17) is 37.8 Å². The van der Waals surface area contributed by atoms with Crippen molar-refractivity contribution in [3.05, 3.63) is 81.6 Å². The first kappa shape index (κ1) is 37.5. The van der Waals surface area contributed by atoms with Crippen molar-refractivity contribution in [1.29, 1.82) is 0 Å². The van der Waals surface area contributed by atoms with E-state index in [2.05, 4.69) is 11.1 Å². The van der Waals surface area contributed by atoms with E-state index in [1.165, 1.54) is 4.90 Å². The zero-order valence-corrected chi connectivity index (χ0v) is 29.2. The number of carbonyl (C=O) groups excluding carboxylic acids is 1. The number of aliphatic hydroxyl groups excluding tert-OH is 5. The van der Waals surface area contributed by atoms with Gasteiger partial charge in [0.15, 0.2) is 6.10 Å². The van der Waals surface area contributed by atoms with E-state index < -0.39 is 42.5 Å². The number of halogens is 2. The van der Waals surface area contributed by atoms with Crippen molar-refractivity contribution in [3.63, 3.8) is 0 Å². The molecule has 2 aliphatic carbocycles. The van der Waals surface area contributed by atoms with Crippen LogP contribution in [-0.4, -0.2) is 91.5 Å². The molecule has 12 heteroatoms. The molecule has 10 nitrogen and oxygen atoms in total. The maximum Gasteiger partial charge on any atom is 0.254 e. The van der Waals surface area contributed by atoms with Gasteiger partial charge in [0.25, 0.3) is 5.91 Å². The molecule has 0 aliphatic heterocycles. The highest BCUT2D eigenvalue weighted by Crippen LogP contribution is 2.53. The maximum absolute atomic E-state index is 12.9. The third-order valence-corrected chi connectivity index (χ3v) is 9.87. The Hall–Kier alpha value is -2.80. The normalized spacial score (nSPS) is 17.6. The van der Waals surface area contributed by atoms with Gasteiger partial charge in [-0.05, 0) is 92.3 Å². The van der Waals surface area contributed by atoms with Crippen molar-refractivity contribution >= 4 is 29.1 Å². The topological polar surface area (TPSA) is 153 Å². The molecule has 1 heterocycles. The summed E-state index contributed by atoms with van der Waals surface area (Å²) >= 11 is 13.5. The van der Waals surface area contributed by atoms with E-state index in [1.807, 2.05) is 49.5 Å². The van der Waals surface area contributed by atoms with Gasteiger partial charge in [-0.15, -0.1) is 0 Å². The molecule has 2 saturated carbocycles. The standard InChI is InChI=1S/C37H46Cl2N2O8/c1-2-16-41(36(47)35(46)34(45)33(44)31(43)21-42)17-6-5-7-23-18-30(39)24(19-29(23)38)22-48-37(13-14-37)28-20-40-15-12-26(28)27-8-3-4-9-32(27)49-25-10-11-25/h3-4,8-9,12,15,18-20,25,31,33-35,42-46H,2,5-7,10-11,13-14,16-17,21-22H2,1H3. The number of aryl methyl sites for hydroxylation is 1. The Morgan fingerprint density at radius 1 is 0.980 bits per heavy atom. The minimum absolute atomic E-state index is 0.277. The quantitative estimate of drug-likeness (QED) is 0.110. The summed E-state index contributed by atoms with van der Waals surface area (Å²) in [4.78, 5) is 18.7. The fourth-order valence-electron chi connectivity index (χ4n) is 5.98. The third-order valence-electron chi connectivity index (χ3n) is 9.17. The molecule has 5 rings (SSSR count). The summed E-state index contributed by atoms with van der Waals surface area (Å²) in [7, 11) is 0. The highest BCUT2D eigenvalue weighted by Gasteiger charge is 2.48. The first-order valence-electron chi connectivity index (χ1n) is 17.0. The van der Waals surface area contributed by atoms with Gasteiger partial charge < -0.3 is 39.9 Å². The van der Waals surface area contributed by atoms with E-state index in [-0.39, 0.29) is 12.7 Å². The second-order valence-electron chi connectivity index (χ2n) is 13.0. The van der Waals surface area contributed by atoms with Crippen LogP contribution in [0.4, 0.5) is 0 Å². The molecule has 2 aliphatic rings. The van der Waals surface area contributed by atoms with Crippen LogP contribution < -0.4 is 4.74 Å². The lowest BCUT2D eigenvalue weighted by molar-refractivity contribution is -0.158.